The third kappa shape index (κ3) is 4.78. The second kappa shape index (κ2) is 9.52. The highest BCUT2D eigenvalue weighted by molar-refractivity contribution is 5.78. The van der Waals surface area contributed by atoms with E-state index in [0.717, 1.165) is 31.0 Å². The number of rotatable bonds is 7. The van der Waals surface area contributed by atoms with Gasteiger partial charge in [0.2, 0.25) is 5.91 Å². The second-order valence-electron chi connectivity index (χ2n) is 8.51. The highest BCUT2D eigenvalue weighted by Crippen LogP contribution is 2.40. The molecule has 162 valence electrons. The molecule has 1 amide bonds. The maximum Gasteiger partial charge on any atom is 0.222 e. The normalized spacial score (nSPS) is 17.4. The molecule has 1 aliphatic heterocycles. The Bertz CT molecular complexity index is 894. The van der Waals surface area contributed by atoms with Crippen molar-refractivity contribution >= 4 is 5.91 Å². The van der Waals surface area contributed by atoms with Crippen molar-refractivity contribution in [1.82, 2.24) is 10.2 Å². The number of methoxy groups -OCH3 is 2. The van der Waals surface area contributed by atoms with E-state index in [2.05, 4.69) is 60.5 Å². The lowest BCUT2D eigenvalue weighted by Gasteiger charge is -2.41. The van der Waals surface area contributed by atoms with E-state index in [0.29, 0.717) is 0 Å². The fourth-order valence-electron chi connectivity index (χ4n) is 4.31. The summed E-state index contributed by atoms with van der Waals surface area (Å²) in [6.45, 7) is 9.82. The van der Waals surface area contributed by atoms with E-state index < -0.39 is 0 Å². The van der Waals surface area contributed by atoms with Crippen molar-refractivity contribution in [1.29, 1.82) is 0 Å². The summed E-state index contributed by atoms with van der Waals surface area (Å²) in [5.41, 5.74) is 4.99. The summed E-state index contributed by atoms with van der Waals surface area (Å²) < 4.78 is 11.1. The van der Waals surface area contributed by atoms with Crippen LogP contribution in [0.25, 0.3) is 0 Å². The lowest BCUT2D eigenvalue weighted by Crippen LogP contribution is -2.48. The fourth-order valence-corrected chi connectivity index (χ4v) is 4.31. The van der Waals surface area contributed by atoms with E-state index in [4.69, 9.17) is 9.47 Å². The van der Waals surface area contributed by atoms with Crippen molar-refractivity contribution in [3.05, 3.63) is 58.7 Å². The number of nitrogens with zero attached hydrogens (tertiary/aromatic N) is 1. The predicted molar refractivity (Wildman–Crippen MR) is 120 cm³/mol. The topological polar surface area (TPSA) is 50.8 Å². The van der Waals surface area contributed by atoms with E-state index in [9.17, 15) is 4.79 Å². The molecule has 0 spiro atoms. The van der Waals surface area contributed by atoms with Gasteiger partial charge in [0.1, 0.15) is 0 Å². The first-order valence-corrected chi connectivity index (χ1v) is 10.7. The van der Waals surface area contributed by atoms with E-state index in [1.807, 2.05) is 13.8 Å². The first kappa shape index (κ1) is 22.2. The molecule has 2 aromatic carbocycles. The van der Waals surface area contributed by atoms with Gasteiger partial charge in [0.15, 0.2) is 11.5 Å². The average Bonchev–Trinajstić information content (AvgIpc) is 2.72. The number of carbonyl (C=O) groups excluding carboxylic acids is 1. The van der Waals surface area contributed by atoms with Crippen molar-refractivity contribution in [2.24, 2.45) is 5.92 Å². The SMILES string of the molecule is COc1cc2c(cc1OC)C(C(C)NC(=O)C(C)C)N(Cc1cccc(C)c1)CC2. The van der Waals surface area contributed by atoms with Crippen molar-refractivity contribution < 1.29 is 14.3 Å². The van der Waals surface area contributed by atoms with E-state index in [1.54, 1.807) is 14.2 Å². The standard InChI is InChI=1S/C25H34N2O3/c1-16(2)25(28)26-18(4)24-21-14-23(30-6)22(29-5)13-20(21)10-11-27(24)15-19-9-7-8-17(3)12-19/h7-9,12-14,16,18,24H,10-11,15H2,1-6H3,(H,26,28). The minimum absolute atomic E-state index is 0.0399. The Balaban J connectivity index is 1.99. The molecule has 3 rings (SSSR count). The van der Waals surface area contributed by atoms with E-state index >= 15 is 0 Å². The summed E-state index contributed by atoms with van der Waals surface area (Å²) in [6, 6.07) is 12.8. The molecule has 0 saturated carbocycles. The second-order valence-corrected chi connectivity index (χ2v) is 8.51. The minimum Gasteiger partial charge on any atom is -0.493 e. The largest absolute Gasteiger partial charge is 0.493 e. The van der Waals surface area contributed by atoms with Crippen LogP contribution in [-0.4, -0.2) is 37.6 Å². The Labute approximate surface area is 180 Å². The average molecular weight is 411 g/mol. The molecule has 1 aliphatic rings. The van der Waals surface area contributed by atoms with Crippen LogP contribution in [0.4, 0.5) is 0 Å². The number of carbonyl (C=O) groups is 1. The molecule has 0 bridgehead atoms. The number of hydrogen-bond acceptors (Lipinski definition) is 4. The molecule has 0 aliphatic carbocycles. The highest BCUT2D eigenvalue weighted by Gasteiger charge is 2.34. The minimum atomic E-state index is -0.0499. The molecule has 0 fully saturated rings. The fraction of sp³-hybridized carbons (Fsp3) is 0.480. The van der Waals surface area contributed by atoms with Gasteiger partial charge in [0.05, 0.1) is 20.3 Å². The molecule has 1 heterocycles. The summed E-state index contributed by atoms with van der Waals surface area (Å²) in [7, 11) is 3.33. The van der Waals surface area contributed by atoms with Crippen LogP contribution < -0.4 is 14.8 Å². The zero-order valence-electron chi connectivity index (χ0n) is 19.0. The van der Waals surface area contributed by atoms with Crippen LogP contribution in [0.5, 0.6) is 11.5 Å². The van der Waals surface area contributed by atoms with Crippen LogP contribution in [0.1, 0.15) is 49.1 Å². The lowest BCUT2D eigenvalue weighted by atomic mass is 9.87. The third-order valence-corrected chi connectivity index (χ3v) is 5.86. The molecule has 0 radical (unpaired) electrons. The Morgan fingerprint density at radius 2 is 1.83 bits per heavy atom. The maximum atomic E-state index is 12.5. The first-order valence-electron chi connectivity index (χ1n) is 10.7. The van der Waals surface area contributed by atoms with Gasteiger partial charge in [0.25, 0.3) is 0 Å². The van der Waals surface area contributed by atoms with Gasteiger partial charge >= 0.3 is 0 Å². The smallest absolute Gasteiger partial charge is 0.222 e. The molecule has 30 heavy (non-hydrogen) atoms. The summed E-state index contributed by atoms with van der Waals surface area (Å²) in [4.78, 5) is 14.9. The van der Waals surface area contributed by atoms with Gasteiger partial charge in [-0.2, -0.15) is 0 Å². The van der Waals surface area contributed by atoms with Gasteiger partial charge in [-0.05, 0) is 49.1 Å². The lowest BCUT2D eigenvalue weighted by molar-refractivity contribution is -0.125. The van der Waals surface area contributed by atoms with Gasteiger partial charge in [-0.25, -0.2) is 0 Å². The first-order chi connectivity index (χ1) is 14.3. The van der Waals surface area contributed by atoms with Crippen molar-refractivity contribution in [2.45, 2.75) is 52.7 Å². The zero-order valence-corrected chi connectivity index (χ0v) is 19.0. The van der Waals surface area contributed by atoms with Crippen molar-refractivity contribution in [3.63, 3.8) is 0 Å². The number of amides is 1. The van der Waals surface area contributed by atoms with Crippen LogP contribution in [0.2, 0.25) is 0 Å². The summed E-state index contributed by atoms with van der Waals surface area (Å²) in [5, 5.41) is 3.23. The molecule has 5 heteroatoms. The molecular formula is C25H34N2O3. The molecule has 1 N–H and O–H groups in total. The summed E-state index contributed by atoms with van der Waals surface area (Å²) in [6.07, 6.45) is 0.933. The zero-order chi connectivity index (χ0) is 21.8. The van der Waals surface area contributed by atoms with Gasteiger partial charge in [-0.3, -0.25) is 9.69 Å². The molecule has 0 saturated heterocycles. The van der Waals surface area contributed by atoms with Crippen molar-refractivity contribution in [3.8, 4) is 11.5 Å². The number of fused-ring (bicyclic) bond motifs is 1. The third-order valence-electron chi connectivity index (χ3n) is 5.86. The molecule has 2 aromatic rings. The predicted octanol–water partition coefficient (Wildman–Crippen LogP) is 4.27. The summed E-state index contributed by atoms with van der Waals surface area (Å²) >= 11 is 0. The molecule has 0 aromatic heterocycles. The maximum absolute atomic E-state index is 12.5. The molecule has 5 nitrogen and oxygen atoms in total. The van der Waals surface area contributed by atoms with Crippen LogP contribution in [0.3, 0.4) is 0 Å². The Hall–Kier alpha value is -2.53. The van der Waals surface area contributed by atoms with Gasteiger partial charge in [-0.15, -0.1) is 0 Å². The Morgan fingerprint density at radius 1 is 1.13 bits per heavy atom. The molecule has 2 unspecified atom stereocenters. The number of aryl methyl sites for hydroxylation is 1. The van der Waals surface area contributed by atoms with Crippen molar-refractivity contribution in [2.75, 3.05) is 20.8 Å². The molecular weight excluding hydrogens is 376 g/mol. The monoisotopic (exact) mass is 410 g/mol. The quantitative estimate of drug-likeness (QED) is 0.741. The number of hydrogen-bond donors (Lipinski definition) is 1. The Kier molecular flexibility index (Phi) is 7.03. The van der Waals surface area contributed by atoms with Gasteiger partial charge in [-0.1, -0.05) is 43.7 Å². The molecule has 2 atom stereocenters. The van der Waals surface area contributed by atoms with Gasteiger partial charge in [0, 0.05) is 25.0 Å². The number of nitrogens with one attached hydrogen (secondary N) is 1. The summed E-state index contributed by atoms with van der Waals surface area (Å²) in [5.74, 6) is 1.50. The van der Waals surface area contributed by atoms with Crippen LogP contribution in [0.15, 0.2) is 36.4 Å². The van der Waals surface area contributed by atoms with Gasteiger partial charge < -0.3 is 14.8 Å². The van der Waals surface area contributed by atoms with E-state index in [1.165, 1.54) is 22.3 Å². The van der Waals surface area contributed by atoms with Crippen LogP contribution >= 0.6 is 0 Å². The number of benzene rings is 2. The van der Waals surface area contributed by atoms with Crippen LogP contribution in [-0.2, 0) is 17.8 Å². The Morgan fingerprint density at radius 3 is 2.47 bits per heavy atom. The van der Waals surface area contributed by atoms with E-state index in [-0.39, 0.29) is 23.9 Å². The highest BCUT2D eigenvalue weighted by atomic mass is 16.5. The van der Waals surface area contributed by atoms with Crippen LogP contribution in [0, 0.1) is 12.8 Å². The number of ether oxygens (including phenoxy) is 2.